The number of tetrazole rings is 1. The molecule has 27 heavy (non-hydrogen) atoms. The van der Waals surface area contributed by atoms with Gasteiger partial charge >= 0.3 is 5.97 Å². The predicted molar refractivity (Wildman–Crippen MR) is 99.3 cm³/mol. The van der Waals surface area contributed by atoms with E-state index in [0.29, 0.717) is 5.56 Å². The minimum Gasteiger partial charge on any atom is -0.449 e. The molecule has 0 aliphatic heterocycles. The molecule has 4 rings (SSSR count). The lowest BCUT2D eigenvalue weighted by atomic mass is 10.0. The van der Waals surface area contributed by atoms with E-state index in [2.05, 4.69) is 15.5 Å². The van der Waals surface area contributed by atoms with Gasteiger partial charge in [-0.15, -0.1) is 5.10 Å². The molecule has 1 aromatic heterocycles. The van der Waals surface area contributed by atoms with Crippen LogP contribution in [0.15, 0.2) is 91.3 Å². The van der Waals surface area contributed by atoms with Crippen LogP contribution in [0.2, 0.25) is 0 Å². The van der Waals surface area contributed by atoms with Crippen molar-refractivity contribution in [2.24, 2.45) is 0 Å². The van der Waals surface area contributed by atoms with Crippen LogP contribution in [0.1, 0.15) is 27.6 Å². The number of hydrogen-bond donors (Lipinski definition) is 0. The first kappa shape index (κ1) is 16.7. The molecule has 0 N–H and O–H groups in total. The van der Waals surface area contributed by atoms with Crippen molar-refractivity contribution in [2.45, 2.75) is 6.10 Å². The van der Waals surface area contributed by atoms with E-state index in [4.69, 9.17) is 4.74 Å². The minimum atomic E-state index is -0.473. The Balaban J connectivity index is 1.58. The molecule has 0 atom stereocenters. The summed E-state index contributed by atoms with van der Waals surface area (Å²) in [6, 6.07) is 26.3. The maximum Gasteiger partial charge on any atom is 0.339 e. The maximum absolute atomic E-state index is 12.7. The number of carbonyl (C=O) groups excluding carboxylic acids is 1. The molecule has 6 nitrogen and oxygen atoms in total. The largest absolute Gasteiger partial charge is 0.449 e. The zero-order valence-corrected chi connectivity index (χ0v) is 14.3. The average Bonchev–Trinajstić information content (AvgIpc) is 3.28. The van der Waals surface area contributed by atoms with Crippen LogP contribution in [0.25, 0.3) is 5.69 Å². The molecule has 6 heteroatoms. The lowest BCUT2D eigenvalue weighted by molar-refractivity contribution is 0.0378. The fraction of sp³-hybridized carbons (Fsp3) is 0.0476. The van der Waals surface area contributed by atoms with Gasteiger partial charge < -0.3 is 4.74 Å². The number of carbonyl (C=O) groups is 1. The van der Waals surface area contributed by atoms with Gasteiger partial charge in [-0.1, -0.05) is 60.7 Å². The van der Waals surface area contributed by atoms with Crippen LogP contribution in [0, 0.1) is 0 Å². The van der Waals surface area contributed by atoms with Crippen molar-refractivity contribution >= 4 is 5.97 Å². The molecule has 0 saturated heterocycles. The van der Waals surface area contributed by atoms with Crippen LogP contribution < -0.4 is 0 Å². The topological polar surface area (TPSA) is 69.9 Å². The molecule has 0 fully saturated rings. The summed E-state index contributed by atoms with van der Waals surface area (Å²) in [6.07, 6.45) is 1.02. The molecule has 0 amide bonds. The van der Waals surface area contributed by atoms with Crippen LogP contribution in [0.5, 0.6) is 0 Å². The number of aromatic nitrogens is 4. The van der Waals surface area contributed by atoms with E-state index in [1.165, 1.54) is 11.0 Å². The highest BCUT2D eigenvalue weighted by Crippen LogP contribution is 2.27. The lowest BCUT2D eigenvalue weighted by Crippen LogP contribution is -2.13. The van der Waals surface area contributed by atoms with Crippen molar-refractivity contribution in [3.8, 4) is 5.69 Å². The average molecular weight is 356 g/mol. The summed E-state index contributed by atoms with van der Waals surface area (Å²) in [6.45, 7) is 0. The Hall–Kier alpha value is -3.80. The van der Waals surface area contributed by atoms with E-state index in [1.807, 2.05) is 60.7 Å². The molecule has 0 aliphatic rings. The summed E-state index contributed by atoms with van der Waals surface area (Å²) in [4.78, 5) is 12.7. The number of esters is 1. The summed E-state index contributed by atoms with van der Waals surface area (Å²) in [7, 11) is 0. The normalized spacial score (nSPS) is 10.7. The van der Waals surface area contributed by atoms with Gasteiger partial charge in [0.25, 0.3) is 0 Å². The van der Waals surface area contributed by atoms with Crippen LogP contribution >= 0.6 is 0 Å². The molecule has 0 bridgehead atoms. The molecule has 4 aromatic rings. The first-order chi connectivity index (χ1) is 13.3. The predicted octanol–water partition coefficient (Wildman–Crippen LogP) is 3.61. The monoisotopic (exact) mass is 356 g/mol. The van der Waals surface area contributed by atoms with Crippen molar-refractivity contribution < 1.29 is 9.53 Å². The third-order valence-electron chi connectivity index (χ3n) is 4.15. The van der Waals surface area contributed by atoms with E-state index >= 15 is 0 Å². The van der Waals surface area contributed by atoms with Crippen molar-refractivity contribution in [3.63, 3.8) is 0 Å². The molecule has 1 heterocycles. The fourth-order valence-corrected chi connectivity index (χ4v) is 2.79. The Labute approximate surface area is 156 Å². The van der Waals surface area contributed by atoms with Gasteiger partial charge in [-0.05, 0) is 45.8 Å². The Morgan fingerprint density at radius 3 is 1.93 bits per heavy atom. The molecule has 3 aromatic carbocycles. The Kier molecular flexibility index (Phi) is 4.70. The quantitative estimate of drug-likeness (QED) is 0.511. The van der Waals surface area contributed by atoms with Crippen LogP contribution in [-0.2, 0) is 4.74 Å². The van der Waals surface area contributed by atoms with Crippen LogP contribution in [0.4, 0.5) is 0 Å². The maximum atomic E-state index is 12.7. The van der Waals surface area contributed by atoms with Crippen LogP contribution in [-0.4, -0.2) is 26.2 Å². The van der Waals surface area contributed by atoms with E-state index in [1.54, 1.807) is 24.3 Å². The summed E-state index contributed by atoms with van der Waals surface area (Å²) >= 11 is 0. The number of nitrogens with zero attached hydrogens (tertiary/aromatic N) is 4. The SMILES string of the molecule is O=C(OC(c1ccccc1)c1ccccc1)c1ccc(-n2cnnn2)cc1. The van der Waals surface area contributed by atoms with Gasteiger partial charge in [0.05, 0.1) is 11.3 Å². The second kappa shape index (κ2) is 7.61. The van der Waals surface area contributed by atoms with Crippen molar-refractivity contribution in [2.75, 3.05) is 0 Å². The Morgan fingerprint density at radius 1 is 0.815 bits per heavy atom. The zero-order valence-electron chi connectivity index (χ0n) is 14.3. The highest BCUT2D eigenvalue weighted by atomic mass is 16.5. The van der Waals surface area contributed by atoms with Gasteiger partial charge in [0.15, 0.2) is 6.10 Å². The number of benzene rings is 3. The minimum absolute atomic E-state index is 0.393. The van der Waals surface area contributed by atoms with E-state index in [0.717, 1.165) is 16.8 Å². The Morgan fingerprint density at radius 2 is 1.41 bits per heavy atom. The number of ether oxygens (including phenoxy) is 1. The first-order valence-electron chi connectivity index (χ1n) is 8.45. The molecular formula is C21H16N4O2. The lowest BCUT2D eigenvalue weighted by Gasteiger charge is -2.19. The van der Waals surface area contributed by atoms with E-state index in [9.17, 15) is 4.79 Å². The number of hydrogen-bond acceptors (Lipinski definition) is 5. The molecule has 132 valence electrons. The fourth-order valence-electron chi connectivity index (χ4n) is 2.79. The Bertz CT molecular complexity index is 962. The molecule has 0 radical (unpaired) electrons. The van der Waals surface area contributed by atoms with Gasteiger partial charge in [0, 0.05) is 0 Å². The first-order valence-corrected chi connectivity index (χ1v) is 8.45. The second-order valence-electron chi connectivity index (χ2n) is 5.91. The zero-order chi connectivity index (χ0) is 18.5. The number of rotatable bonds is 5. The molecular weight excluding hydrogens is 340 g/mol. The van der Waals surface area contributed by atoms with E-state index < -0.39 is 12.1 Å². The van der Waals surface area contributed by atoms with Gasteiger partial charge in [0.2, 0.25) is 0 Å². The smallest absolute Gasteiger partial charge is 0.339 e. The summed E-state index contributed by atoms with van der Waals surface area (Å²) in [5, 5.41) is 11.0. The highest BCUT2D eigenvalue weighted by Gasteiger charge is 2.20. The van der Waals surface area contributed by atoms with Crippen molar-refractivity contribution in [1.29, 1.82) is 0 Å². The summed E-state index contributed by atoms with van der Waals surface area (Å²) in [5.41, 5.74) is 3.06. The molecule has 0 unspecified atom stereocenters. The van der Waals surface area contributed by atoms with E-state index in [-0.39, 0.29) is 0 Å². The molecule has 0 spiro atoms. The molecule has 0 aliphatic carbocycles. The van der Waals surface area contributed by atoms with Gasteiger partial charge in [0.1, 0.15) is 6.33 Å². The van der Waals surface area contributed by atoms with Gasteiger partial charge in [-0.3, -0.25) is 0 Å². The van der Waals surface area contributed by atoms with Crippen molar-refractivity contribution in [3.05, 3.63) is 108 Å². The highest BCUT2D eigenvalue weighted by molar-refractivity contribution is 5.90. The summed E-state index contributed by atoms with van der Waals surface area (Å²) in [5.74, 6) is -0.393. The second-order valence-corrected chi connectivity index (χ2v) is 5.91. The third kappa shape index (κ3) is 3.74. The molecule has 0 saturated carbocycles. The third-order valence-corrected chi connectivity index (χ3v) is 4.15. The van der Waals surface area contributed by atoms with Gasteiger partial charge in [-0.25, -0.2) is 9.48 Å². The summed E-state index contributed by atoms with van der Waals surface area (Å²) < 4.78 is 7.37. The van der Waals surface area contributed by atoms with Crippen LogP contribution in [0.3, 0.4) is 0 Å². The van der Waals surface area contributed by atoms with Crippen molar-refractivity contribution in [1.82, 2.24) is 20.2 Å². The van der Waals surface area contributed by atoms with Gasteiger partial charge in [-0.2, -0.15) is 0 Å². The standard InChI is InChI=1S/C21H16N4O2/c26-21(18-11-13-19(14-12-18)25-15-22-23-24-25)27-20(16-7-3-1-4-8-16)17-9-5-2-6-10-17/h1-15,20H.